The van der Waals surface area contributed by atoms with E-state index in [0.717, 1.165) is 6.07 Å². The molecule has 28 heavy (non-hydrogen) atoms. The summed E-state index contributed by atoms with van der Waals surface area (Å²) in [5.41, 5.74) is 5.86. The van der Waals surface area contributed by atoms with E-state index in [1.165, 1.54) is 31.3 Å². The molecule has 0 bridgehead atoms. The van der Waals surface area contributed by atoms with Crippen molar-refractivity contribution in [2.45, 2.75) is 39.4 Å². The molecule has 5 nitrogen and oxygen atoms in total. The van der Waals surface area contributed by atoms with Crippen LogP contribution in [0.3, 0.4) is 0 Å². The van der Waals surface area contributed by atoms with Crippen LogP contribution in [0.2, 0.25) is 0 Å². The maximum absolute atomic E-state index is 13.5. The molecule has 0 aliphatic rings. The first-order chi connectivity index (χ1) is 13.1. The van der Waals surface area contributed by atoms with E-state index in [9.17, 15) is 18.0 Å². The Morgan fingerprint density at radius 3 is 2.50 bits per heavy atom. The Labute approximate surface area is 162 Å². The number of nitrogens with zero attached hydrogens (tertiary/aromatic N) is 1. The third-order valence-corrected chi connectivity index (χ3v) is 3.91. The van der Waals surface area contributed by atoms with Crippen molar-refractivity contribution in [3.63, 3.8) is 0 Å². The molecule has 2 rings (SSSR count). The highest BCUT2D eigenvalue weighted by molar-refractivity contribution is 5.88. The molecular weight excluding hydrogens is 371 g/mol. The van der Waals surface area contributed by atoms with Crippen molar-refractivity contribution in [1.29, 1.82) is 0 Å². The SMILES string of the molecule is CC(=O)Nc1cc(-c2ccc(OCC(N)CC(C)C)c(C(F)(F)F)c2)ccn1. The summed E-state index contributed by atoms with van der Waals surface area (Å²) in [6.07, 6.45) is -2.51. The number of rotatable bonds is 7. The van der Waals surface area contributed by atoms with E-state index < -0.39 is 11.7 Å². The zero-order chi connectivity index (χ0) is 20.9. The summed E-state index contributed by atoms with van der Waals surface area (Å²) in [7, 11) is 0. The Morgan fingerprint density at radius 1 is 1.21 bits per heavy atom. The lowest BCUT2D eigenvalue weighted by molar-refractivity contribution is -0.139. The Hall–Kier alpha value is -2.61. The minimum atomic E-state index is -4.58. The van der Waals surface area contributed by atoms with Gasteiger partial charge in [-0.25, -0.2) is 4.98 Å². The van der Waals surface area contributed by atoms with E-state index in [0.29, 0.717) is 23.5 Å². The van der Waals surface area contributed by atoms with Crippen molar-refractivity contribution in [1.82, 2.24) is 4.98 Å². The van der Waals surface area contributed by atoms with Crippen molar-refractivity contribution in [2.75, 3.05) is 11.9 Å². The second-order valence-corrected chi connectivity index (χ2v) is 7.02. The molecule has 1 heterocycles. The molecule has 0 fully saturated rings. The van der Waals surface area contributed by atoms with E-state index in [2.05, 4.69) is 10.3 Å². The zero-order valence-corrected chi connectivity index (χ0v) is 16.0. The van der Waals surface area contributed by atoms with Gasteiger partial charge in [-0.3, -0.25) is 4.79 Å². The number of benzene rings is 1. The van der Waals surface area contributed by atoms with Crippen LogP contribution in [0.5, 0.6) is 5.75 Å². The number of nitrogens with one attached hydrogen (secondary N) is 1. The molecule has 0 aliphatic carbocycles. The van der Waals surface area contributed by atoms with Crippen LogP contribution in [0.15, 0.2) is 36.5 Å². The topological polar surface area (TPSA) is 77.2 Å². The van der Waals surface area contributed by atoms with Gasteiger partial charge >= 0.3 is 6.18 Å². The summed E-state index contributed by atoms with van der Waals surface area (Å²) in [5, 5.41) is 2.51. The maximum atomic E-state index is 13.5. The molecule has 2 aromatic rings. The normalized spacial score (nSPS) is 12.7. The number of anilines is 1. The van der Waals surface area contributed by atoms with E-state index in [1.807, 2.05) is 13.8 Å². The van der Waals surface area contributed by atoms with Crippen LogP contribution >= 0.6 is 0 Å². The van der Waals surface area contributed by atoms with E-state index in [-0.39, 0.29) is 30.1 Å². The molecule has 0 spiro atoms. The molecule has 1 atom stereocenters. The first-order valence-electron chi connectivity index (χ1n) is 8.90. The van der Waals surface area contributed by atoms with Gasteiger partial charge in [0.2, 0.25) is 5.91 Å². The van der Waals surface area contributed by atoms with Gasteiger partial charge in [0, 0.05) is 19.2 Å². The fourth-order valence-corrected chi connectivity index (χ4v) is 2.79. The second-order valence-electron chi connectivity index (χ2n) is 7.02. The second kappa shape index (κ2) is 9.05. The molecule has 0 radical (unpaired) electrons. The zero-order valence-electron chi connectivity index (χ0n) is 16.0. The molecule has 1 amide bonds. The molecule has 1 aromatic carbocycles. The first-order valence-corrected chi connectivity index (χ1v) is 8.90. The quantitative estimate of drug-likeness (QED) is 0.725. The van der Waals surface area contributed by atoms with Crippen LogP contribution in [0.1, 0.15) is 32.8 Å². The molecule has 0 aliphatic heterocycles. The molecule has 0 saturated heterocycles. The van der Waals surface area contributed by atoms with Crippen LogP contribution in [-0.2, 0) is 11.0 Å². The molecule has 0 saturated carbocycles. The fourth-order valence-electron chi connectivity index (χ4n) is 2.79. The van der Waals surface area contributed by atoms with Gasteiger partial charge in [0.15, 0.2) is 0 Å². The van der Waals surface area contributed by atoms with E-state index >= 15 is 0 Å². The lowest BCUT2D eigenvalue weighted by Gasteiger charge is -2.19. The highest BCUT2D eigenvalue weighted by Gasteiger charge is 2.35. The van der Waals surface area contributed by atoms with Crippen molar-refractivity contribution in [2.24, 2.45) is 11.7 Å². The van der Waals surface area contributed by atoms with Gasteiger partial charge < -0.3 is 15.8 Å². The van der Waals surface area contributed by atoms with E-state index in [1.54, 1.807) is 6.07 Å². The van der Waals surface area contributed by atoms with Crippen molar-refractivity contribution in [3.8, 4) is 16.9 Å². The number of halogens is 3. The van der Waals surface area contributed by atoms with E-state index in [4.69, 9.17) is 10.5 Å². The van der Waals surface area contributed by atoms with Crippen LogP contribution in [0.4, 0.5) is 19.0 Å². The van der Waals surface area contributed by atoms with Crippen LogP contribution < -0.4 is 15.8 Å². The predicted molar refractivity (Wildman–Crippen MR) is 102 cm³/mol. The van der Waals surface area contributed by atoms with Gasteiger partial charge in [0.05, 0.1) is 5.56 Å². The van der Waals surface area contributed by atoms with Gasteiger partial charge in [0.25, 0.3) is 0 Å². The van der Waals surface area contributed by atoms with Crippen LogP contribution in [0, 0.1) is 5.92 Å². The fraction of sp³-hybridized carbons (Fsp3) is 0.400. The average Bonchev–Trinajstić information content (AvgIpc) is 2.58. The molecular formula is C20H24F3N3O2. The number of ether oxygens (including phenoxy) is 1. The molecule has 1 unspecified atom stereocenters. The number of pyridine rings is 1. The van der Waals surface area contributed by atoms with Gasteiger partial charge in [-0.2, -0.15) is 13.2 Å². The predicted octanol–water partition coefficient (Wildman–Crippen LogP) is 4.48. The summed E-state index contributed by atoms with van der Waals surface area (Å²) in [5.74, 6) is 0.0137. The number of nitrogens with two attached hydrogens (primary N) is 1. The summed E-state index contributed by atoms with van der Waals surface area (Å²) in [4.78, 5) is 15.1. The summed E-state index contributed by atoms with van der Waals surface area (Å²) >= 11 is 0. The first kappa shape index (κ1) is 21.7. The van der Waals surface area contributed by atoms with Gasteiger partial charge in [-0.05, 0) is 47.7 Å². The molecule has 8 heteroatoms. The number of aromatic nitrogens is 1. The standard InChI is InChI=1S/C20H24F3N3O2/c1-12(2)8-16(24)11-28-18-5-4-14(9-17(18)20(21,22)23)15-6-7-25-19(10-15)26-13(3)27/h4-7,9-10,12,16H,8,11,24H2,1-3H3,(H,25,26,27). The number of carbonyl (C=O) groups is 1. The van der Waals surface area contributed by atoms with Gasteiger partial charge in [-0.15, -0.1) is 0 Å². The van der Waals surface area contributed by atoms with Crippen molar-refractivity contribution >= 4 is 11.7 Å². The third-order valence-electron chi connectivity index (χ3n) is 3.91. The minimum Gasteiger partial charge on any atom is -0.491 e. The highest BCUT2D eigenvalue weighted by atomic mass is 19.4. The minimum absolute atomic E-state index is 0.00252. The van der Waals surface area contributed by atoms with Crippen LogP contribution in [0.25, 0.3) is 11.1 Å². The Balaban J connectivity index is 2.31. The van der Waals surface area contributed by atoms with Crippen molar-refractivity contribution in [3.05, 3.63) is 42.1 Å². The Morgan fingerprint density at radius 2 is 1.89 bits per heavy atom. The number of hydrogen-bond donors (Lipinski definition) is 2. The Bertz CT molecular complexity index is 823. The molecule has 152 valence electrons. The summed E-state index contributed by atoms with van der Waals surface area (Å²) < 4.78 is 46.0. The van der Waals surface area contributed by atoms with Crippen molar-refractivity contribution < 1.29 is 22.7 Å². The number of amides is 1. The monoisotopic (exact) mass is 395 g/mol. The summed E-state index contributed by atoms with van der Waals surface area (Å²) in [6.45, 7) is 5.30. The number of hydrogen-bond acceptors (Lipinski definition) is 4. The smallest absolute Gasteiger partial charge is 0.419 e. The number of carbonyl (C=O) groups excluding carboxylic acids is 1. The van der Waals surface area contributed by atoms with Gasteiger partial charge in [0.1, 0.15) is 18.2 Å². The third kappa shape index (κ3) is 6.23. The maximum Gasteiger partial charge on any atom is 0.419 e. The van der Waals surface area contributed by atoms with Crippen LogP contribution in [-0.4, -0.2) is 23.5 Å². The molecule has 3 N–H and O–H groups in total. The molecule has 1 aromatic heterocycles. The lowest BCUT2D eigenvalue weighted by Crippen LogP contribution is -2.29. The van der Waals surface area contributed by atoms with Gasteiger partial charge in [-0.1, -0.05) is 19.9 Å². The lowest BCUT2D eigenvalue weighted by atomic mass is 10.0. The number of alkyl halides is 3. The summed E-state index contributed by atoms with van der Waals surface area (Å²) in [6, 6.07) is 6.58. The Kier molecular flexibility index (Phi) is 7.01. The average molecular weight is 395 g/mol. The highest BCUT2D eigenvalue weighted by Crippen LogP contribution is 2.39. The largest absolute Gasteiger partial charge is 0.491 e.